The molecule has 1 saturated heterocycles. The smallest absolute Gasteiger partial charge is 0.174 e. The molecule has 1 N–H and O–H groups in total. The Morgan fingerprint density at radius 2 is 1.74 bits per heavy atom. The highest BCUT2D eigenvalue weighted by Crippen LogP contribution is 2.43. The van der Waals surface area contributed by atoms with Crippen molar-refractivity contribution in [1.82, 2.24) is 10.3 Å². The molecule has 4 aromatic rings. The van der Waals surface area contributed by atoms with Gasteiger partial charge in [-0.3, -0.25) is 4.98 Å². The van der Waals surface area contributed by atoms with Crippen LogP contribution >= 0.6 is 12.2 Å². The Kier molecular flexibility index (Phi) is 6.18. The van der Waals surface area contributed by atoms with Gasteiger partial charge < -0.3 is 24.1 Å². The van der Waals surface area contributed by atoms with E-state index >= 15 is 0 Å². The second-order valence-electron chi connectivity index (χ2n) is 7.85. The molecule has 6 nitrogen and oxygen atoms in total. The number of pyridine rings is 1. The molecular formula is C27H25N3O3S. The largest absolute Gasteiger partial charge is 0.497 e. The zero-order chi connectivity index (χ0) is 23.5. The number of anilines is 1. The molecule has 0 aliphatic carbocycles. The number of aromatic nitrogens is 1. The van der Waals surface area contributed by atoms with E-state index in [1.165, 1.54) is 0 Å². The number of nitrogens with zero attached hydrogens (tertiary/aromatic N) is 2. The van der Waals surface area contributed by atoms with Crippen LogP contribution in [0.15, 0.2) is 89.5 Å². The van der Waals surface area contributed by atoms with Gasteiger partial charge in [0.15, 0.2) is 5.11 Å². The van der Waals surface area contributed by atoms with Crippen LogP contribution in [0, 0.1) is 0 Å². The Balaban J connectivity index is 1.53. The van der Waals surface area contributed by atoms with Gasteiger partial charge in [-0.1, -0.05) is 6.07 Å². The molecule has 2 unspecified atom stereocenters. The van der Waals surface area contributed by atoms with Crippen LogP contribution in [0.4, 0.5) is 5.69 Å². The summed E-state index contributed by atoms with van der Waals surface area (Å²) in [5.74, 6) is 3.20. The molecule has 1 aliphatic heterocycles. The van der Waals surface area contributed by atoms with Crippen LogP contribution in [0.1, 0.15) is 30.5 Å². The normalized spacial score (nSPS) is 17.5. The molecule has 172 valence electrons. The van der Waals surface area contributed by atoms with Crippen LogP contribution < -0.4 is 19.7 Å². The number of hydrogen-bond acceptors (Lipinski definition) is 5. The minimum atomic E-state index is -0.216. The standard InChI is InChI=1S/C27H25N3O3S/c1-3-32-21-11-7-18(8-12-21)23-15-16-24(33-23)26-25(22-6-4-5-17-28-22)29-27(34)30(26)19-9-13-20(31-2)14-10-19/h4-17,25-26H,3H2,1-2H3,(H,29,34). The monoisotopic (exact) mass is 471 g/mol. The van der Waals surface area contributed by atoms with Crippen molar-refractivity contribution < 1.29 is 13.9 Å². The lowest BCUT2D eigenvalue weighted by molar-refractivity contribution is 0.340. The second kappa shape index (κ2) is 9.57. The predicted octanol–water partition coefficient (Wildman–Crippen LogP) is 5.93. The van der Waals surface area contributed by atoms with E-state index in [0.717, 1.165) is 40.0 Å². The zero-order valence-electron chi connectivity index (χ0n) is 19.0. The SMILES string of the molecule is CCOc1ccc(-c2ccc(C3C(c4ccccn4)NC(=S)N3c3ccc(OC)cc3)o2)cc1. The molecule has 0 spiro atoms. The summed E-state index contributed by atoms with van der Waals surface area (Å²) in [4.78, 5) is 6.67. The highest BCUT2D eigenvalue weighted by Gasteiger charge is 2.42. The van der Waals surface area contributed by atoms with Crippen LogP contribution in [0.25, 0.3) is 11.3 Å². The molecule has 1 fully saturated rings. The van der Waals surface area contributed by atoms with Crippen LogP contribution in [-0.2, 0) is 0 Å². The van der Waals surface area contributed by atoms with Crippen LogP contribution in [-0.4, -0.2) is 23.8 Å². The van der Waals surface area contributed by atoms with Crippen molar-refractivity contribution in [2.45, 2.75) is 19.0 Å². The quantitative estimate of drug-likeness (QED) is 0.335. The number of ether oxygens (including phenoxy) is 2. The van der Waals surface area contributed by atoms with E-state index in [1.54, 1.807) is 13.3 Å². The van der Waals surface area contributed by atoms with Gasteiger partial charge in [0, 0.05) is 17.4 Å². The predicted molar refractivity (Wildman–Crippen MR) is 136 cm³/mol. The molecule has 3 heterocycles. The lowest BCUT2D eigenvalue weighted by Gasteiger charge is -2.26. The molecule has 5 rings (SSSR count). The van der Waals surface area contributed by atoms with Crippen LogP contribution in [0.3, 0.4) is 0 Å². The maximum atomic E-state index is 6.42. The van der Waals surface area contributed by atoms with Crippen LogP contribution in [0.2, 0.25) is 0 Å². The third kappa shape index (κ3) is 4.22. The fourth-order valence-electron chi connectivity index (χ4n) is 4.21. The molecule has 0 saturated carbocycles. The zero-order valence-corrected chi connectivity index (χ0v) is 19.8. The Labute approximate surface area is 204 Å². The lowest BCUT2D eigenvalue weighted by atomic mass is 10.0. The summed E-state index contributed by atoms with van der Waals surface area (Å²) in [6.45, 7) is 2.61. The number of rotatable bonds is 7. The Bertz CT molecular complexity index is 1260. The summed E-state index contributed by atoms with van der Waals surface area (Å²) in [5, 5.41) is 4.07. The van der Waals surface area contributed by atoms with Crippen molar-refractivity contribution in [3.05, 3.63) is 96.5 Å². The van der Waals surface area contributed by atoms with Crippen molar-refractivity contribution in [2.24, 2.45) is 0 Å². The Morgan fingerprint density at radius 1 is 0.971 bits per heavy atom. The van der Waals surface area contributed by atoms with Gasteiger partial charge in [0.1, 0.15) is 29.1 Å². The highest BCUT2D eigenvalue weighted by atomic mass is 32.1. The molecule has 0 bridgehead atoms. The van der Waals surface area contributed by atoms with Crippen molar-refractivity contribution in [3.63, 3.8) is 0 Å². The van der Waals surface area contributed by atoms with Gasteiger partial charge in [0.2, 0.25) is 0 Å². The number of benzene rings is 2. The van der Waals surface area contributed by atoms with Crippen LogP contribution in [0.5, 0.6) is 11.5 Å². The molecule has 2 atom stereocenters. The maximum absolute atomic E-state index is 6.42. The highest BCUT2D eigenvalue weighted by molar-refractivity contribution is 7.80. The van der Waals surface area contributed by atoms with Gasteiger partial charge in [-0.05, 0) is 91.9 Å². The topological polar surface area (TPSA) is 59.8 Å². The van der Waals surface area contributed by atoms with Crippen molar-refractivity contribution >= 4 is 23.0 Å². The third-order valence-electron chi connectivity index (χ3n) is 5.82. The molecule has 0 amide bonds. The number of furan rings is 1. The first-order valence-corrected chi connectivity index (χ1v) is 11.6. The second-order valence-corrected chi connectivity index (χ2v) is 8.24. The Hall–Kier alpha value is -3.84. The summed E-state index contributed by atoms with van der Waals surface area (Å²) in [6.07, 6.45) is 1.79. The molecule has 1 aliphatic rings. The van der Waals surface area contributed by atoms with E-state index < -0.39 is 0 Å². The van der Waals surface area contributed by atoms with E-state index in [1.807, 2.05) is 85.8 Å². The van der Waals surface area contributed by atoms with E-state index in [9.17, 15) is 0 Å². The average Bonchev–Trinajstić information content (AvgIpc) is 3.50. The van der Waals surface area contributed by atoms with E-state index in [-0.39, 0.29) is 12.1 Å². The van der Waals surface area contributed by atoms with Gasteiger partial charge in [0.05, 0.1) is 25.5 Å². The van der Waals surface area contributed by atoms with E-state index in [0.29, 0.717) is 11.7 Å². The summed E-state index contributed by atoms with van der Waals surface area (Å²) in [7, 11) is 1.66. The third-order valence-corrected chi connectivity index (χ3v) is 6.13. The van der Waals surface area contributed by atoms with Gasteiger partial charge in [-0.25, -0.2) is 0 Å². The minimum Gasteiger partial charge on any atom is -0.497 e. The maximum Gasteiger partial charge on any atom is 0.174 e. The number of methoxy groups -OCH3 is 1. The Morgan fingerprint density at radius 3 is 2.41 bits per heavy atom. The molecule has 34 heavy (non-hydrogen) atoms. The first kappa shape index (κ1) is 22.0. The number of thiocarbonyl (C=S) groups is 1. The molecule has 7 heteroatoms. The van der Waals surface area contributed by atoms with Crippen molar-refractivity contribution in [1.29, 1.82) is 0 Å². The molecule has 0 radical (unpaired) electrons. The first-order chi connectivity index (χ1) is 16.7. The summed E-state index contributed by atoms with van der Waals surface area (Å²) in [5.41, 5.74) is 2.82. The van der Waals surface area contributed by atoms with E-state index in [4.69, 9.17) is 26.1 Å². The summed E-state index contributed by atoms with van der Waals surface area (Å²) in [6, 6.07) is 25.3. The van der Waals surface area contributed by atoms with Gasteiger partial charge in [-0.15, -0.1) is 0 Å². The fraction of sp³-hybridized carbons (Fsp3) is 0.185. The molecular weight excluding hydrogens is 446 g/mol. The molecule has 2 aromatic heterocycles. The van der Waals surface area contributed by atoms with Gasteiger partial charge in [-0.2, -0.15) is 0 Å². The fourth-order valence-corrected chi connectivity index (χ4v) is 4.56. The number of nitrogens with one attached hydrogen (secondary N) is 1. The van der Waals surface area contributed by atoms with Gasteiger partial charge in [0.25, 0.3) is 0 Å². The number of hydrogen-bond donors (Lipinski definition) is 1. The van der Waals surface area contributed by atoms with Crippen molar-refractivity contribution in [2.75, 3.05) is 18.6 Å². The van der Waals surface area contributed by atoms with Crippen molar-refractivity contribution in [3.8, 4) is 22.8 Å². The summed E-state index contributed by atoms with van der Waals surface area (Å²) < 4.78 is 17.3. The average molecular weight is 472 g/mol. The summed E-state index contributed by atoms with van der Waals surface area (Å²) >= 11 is 5.78. The lowest BCUT2D eigenvalue weighted by Crippen LogP contribution is -2.29. The van der Waals surface area contributed by atoms with E-state index in [2.05, 4.69) is 15.2 Å². The molecule has 2 aromatic carbocycles. The van der Waals surface area contributed by atoms with Gasteiger partial charge >= 0.3 is 0 Å². The first-order valence-electron chi connectivity index (χ1n) is 11.2. The minimum absolute atomic E-state index is 0.171.